The van der Waals surface area contributed by atoms with E-state index in [9.17, 15) is 8.42 Å². The second-order valence-corrected chi connectivity index (χ2v) is 6.24. The molecule has 1 N–H and O–H groups in total. The molecule has 0 fully saturated rings. The van der Waals surface area contributed by atoms with Crippen LogP contribution in [-0.2, 0) is 10.2 Å². The predicted molar refractivity (Wildman–Crippen MR) is 75.8 cm³/mol. The Morgan fingerprint density at radius 1 is 1.32 bits per heavy atom. The molecule has 0 aliphatic heterocycles. The van der Waals surface area contributed by atoms with E-state index in [2.05, 4.69) is 4.72 Å². The third-order valence-corrected chi connectivity index (χ3v) is 3.94. The predicted octanol–water partition coefficient (Wildman–Crippen LogP) is 1.90. The molecule has 0 saturated carbocycles. The minimum atomic E-state index is -3.61. The third kappa shape index (κ3) is 4.89. The van der Waals surface area contributed by atoms with E-state index in [-0.39, 0.29) is 18.9 Å². The highest BCUT2D eigenvalue weighted by molar-refractivity contribution is 7.90. The van der Waals surface area contributed by atoms with Gasteiger partial charge >= 0.3 is 10.2 Å². The van der Waals surface area contributed by atoms with E-state index in [4.69, 9.17) is 5.26 Å². The molecule has 0 aliphatic carbocycles. The Balaban J connectivity index is 2.94. The maximum atomic E-state index is 12.2. The Morgan fingerprint density at radius 2 is 1.95 bits per heavy atom. The van der Waals surface area contributed by atoms with E-state index in [0.29, 0.717) is 12.2 Å². The molecule has 0 aromatic heterocycles. The number of nitrogens with one attached hydrogen (secondary N) is 1. The van der Waals surface area contributed by atoms with Crippen molar-refractivity contribution in [3.05, 3.63) is 30.3 Å². The number of rotatable bonds is 7. The molecular formula is C13H19N3O2S. The first-order chi connectivity index (χ1) is 8.97. The van der Waals surface area contributed by atoms with Crippen LogP contribution >= 0.6 is 0 Å². The average Bonchev–Trinajstić information content (AvgIpc) is 2.38. The summed E-state index contributed by atoms with van der Waals surface area (Å²) in [7, 11) is -3.61. The fourth-order valence-electron chi connectivity index (χ4n) is 1.48. The van der Waals surface area contributed by atoms with Gasteiger partial charge in [-0.1, -0.05) is 32.0 Å². The lowest BCUT2D eigenvalue weighted by molar-refractivity contribution is 0.556. The largest absolute Gasteiger partial charge is 0.301 e. The summed E-state index contributed by atoms with van der Waals surface area (Å²) in [6, 6.07) is 10.8. The highest BCUT2D eigenvalue weighted by Gasteiger charge is 2.21. The first-order valence-corrected chi connectivity index (χ1v) is 7.60. The third-order valence-electron chi connectivity index (χ3n) is 2.43. The van der Waals surface area contributed by atoms with Crippen LogP contribution in [0.1, 0.15) is 20.3 Å². The molecule has 1 rings (SSSR count). The second-order valence-electron chi connectivity index (χ2n) is 4.56. The van der Waals surface area contributed by atoms with Gasteiger partial charge < -0.3 is 0 Å². The van der Waals surface area contributed by atoms with Crippen molar-refractivity contribution in [1.82, 2.24) is 4.72 Å². The molecule has 0 aliphatic rings. The zero-order valence-corrected chi connectivity index (χ0v) is 12.0. The van der Waals surface area contributed by atoms with Gasteiger partial charge in [0.2, 0.25) is 0 Å². The summed E-state index contributed by atoms with van der Waals surface area (Å²) in [5.41, 5.74) is 0.564. The number of hydrogen-bond acceptors (Lipinski definition) is 3. The Labute approximate surface area is 115 Å². The van der Waals surface area contributed by atoms with Gasteiger partial charge in [0.15, 0.2) is 0 Å². The molecule has 6 heteroatoms. The Bertz CT molecular complexity index is 521. The van der Waals surface area contributed by atoms with Gasteiger partial charge in [-0.3, -0.25) is 4.31 Å². The molecule has 0 spiro atoms. The van der Waals surface area contributed by atoms with Crippen molar-refractivity contribution >= 4 is 15.9 Å². The smallest absolute Gasteiger partial charge is 0.257 e. The molecule has 0 atom stereocenters. The monoisotopic (exact) mass is 281 g/mol. The standard InChI is InChI=1S/C13H19N3O2S/c1-12(2)11-15-19(17,18)16(10-6-9-14)13-7-4-3-5-8-13/h3-5,7-8,12,15H,6,10-11H2,1-2H3. The lowest BCUT2D eigenvalue weighted by atomic mass is 10.2. The zero-order valence-electron chi connectivity index (χ0n) is 11.2. The summed E-state index contributed by atoms with van der Waals surface area (Å²) >= 11 is 0. The lowest BCUT2D eigenvalue weighted by Crippen LogP contribution is -2.42. The van der Waals surface area contributed by atoms with Crippen molar-refractivity contribution in [2.45, 2.75) is 20.3 Å². The van der Waals surface area contributed by atoms with E-state index in [1.54, 1.807) is 24.3 Å². The molecule has 19 heavy (non-hydrogen) atoms. The summed E-state index contributed by atoms with van der Waals surface area (Å²) in [4.78, 5) is 0. The van der Waals surface area contributed by atoms with E-state index in [1.807, 2.05) is 26.0 Å². The van der Waals surface area contributed by atoms with Gasteiger partial charge in [0.1, 0.15) is 0 Å². The molecule has 0 radical (unpaired) electrons. The van der Waals surface area contributed by atoms with Gasteiger partial charge in [0.25, 0.3) is 0 Å². The Morgan fingerprint density at radius 3 is 2.47 bits per heavy atom. The van der Waals surface area contributed by atoms with Crippen LogP contribution in [-0.4, -0.2) is 21.5 Å². The molecule has 0 amide bonds. The minimum absolute atomic E-state index is 0.147. The van der Waals surface area contributed by atoms with Crippen LogP contribution in [0.15, 0.2) is 30.3 Å². The summed E-state index contributed by atoms with van der Waals surface area (Å²) in [6.45, 7) is 4.39. The second kappa shape index (κ2) is 7.12. The number of nitriles is 1. The van der Waals surface area contributed by atoms with Crippen LogP contribution in [0.2, 0.25) is 0 Å². The fourth-order valence-corrected chi connectivity index (χ4v) is 2.91. The molecule has 0 saturated heterocycles. The topological polar surface area (TPSA) is 73.2 Å². The Kier molecular flexibility index (Phi) is 5.80. The van der Waals surface area contributed by atoms with Crippen LogP contribution in [0.25, 0.3) is 0 Å². The molecule has 5 nitrogen and oxygen atoms in total. The molecule has 1 aromatic carbocycles. The Hall–Kier alpha value is -1.58. The highest BCUT2D eigenvalue weighted by Crippen LogP contribution is 2.17. The van der Waals surface area contributed by atoms with Gasteiger partial charge in [0, 0.05) is 13.1 Å². The van der Waals surface area contributed by atoms with Crippen LogP contribution in [0, 0.1) is 17.2 Å². The van der Waals surface area contributed by atoms with Crippen molar-refractivity contribution < 1.29 is 8.42 Å². The minimum Gasteiger partial charge on any atom is -0.257 e. The zero-order chi connectivity index (χ0) is 14.3. The number of anilines is 1. The highest BCUT2D eigenvalue weighted by atomic mass is 32.2. The normalized spacial score (nSPS) is 11.3. The number of para-hydroxylation sites is 1. The molecule has 0 heterocycles. The van der Waals surface area contributed by atoms with E-state index < -0.39 is 10.2 Å². The molecule has 1 aromatic rings. The summed E-state index contributed by atoms with van der Waals surface area (Å²) in [6.07, 6.45) is 0.150. The van der Waals surface area contributed by atoms with Crippen molar-refractivity contribution in [1.29, 1.82) is 5.26 Å². The molecular weight excluding hydrogens is 262 g/mol. The summed E-state index contributed by atoms with van der Waals surface area (Å²) in [5, 5.41) is 8.65. The van der Waals surface area contributed by atoms with E-state index >= 15 is 0 Å². The number of hydrogen-bond donors (Lipinski definition) is 1. The first-order valence-electron chi connectivity index (χ1n) is 6.16. The number of nitrogens with zero attached hydrogens (tertiary/aromatic N) is 2. The summed E-state index contributed by atoms with van der Waals surface area (Å²) in [5.74, 6) is 0.225. The van der Waals surface area contributed by atoms with Crippen molar-refractivity contribution in [3.8, 4) is 6.07 Å². The van der Waals surface area contributed by atoms with Gasteiger partial charge in [0.05, 0.1) is 18.2 Å². The SMILES string of the molecule is CC(C)CNS(=O)(=O)N(CCC#N)c1ccccc1. The van der Waals surface area contributed by atoms with Crippen LogP contribution in [0.4, 0.5) is 5.69 Å². The van der Waals surface area contributed by atoms with E-state index in [0.717, 1.165) is 0 Å². The van der Waals surface area contributed by atoms with Crippen LogP contribution in [0.3, 0.4) is 0 Å². The molecule has 104 valence electrons. The lowest BCUT2D eigenvalue weighted by Gasteiger charge is -2.24. The average molecular weight is 281 g/mol. The molecule has 0 unspecified atom stereocenters. The van der Waals surface area contributed by atoms with Crippen molar-refractivity contribution in [3.63, 3.8) is 0 Å². The van der Waals surface area contributed by atoms with Crippen molar-refractivity contribution in [2.24, 2.45) is 5.92 Å². The quantitative estimate of drug-likeness (QED) is 0.829. The summed E-state index contributed by atoms with van der Waals surface area (Å²) < 4.78 is 28.3. The van der Waals surface area contributed by atoms with Gasteiger partial charge in [-0.05, 0) is 18.1 Å². The van der Waals surface area contributed by atoms with Gasteiger partial charge in [-0.25, -0.2) is 0 Å². The van der Waals surface area contributed by atoms with Gasteiger partial charge in [-0.2, -0.15) is 18.4 Å². The first kappa shape index (κ1) is 15.5. The molecule has 0 bridgehead atoms. The van der Waals surface area contributed by atoms with Crippen LogP contribution in [0.5, 0.6) is 0 Å². The fraction of sp³-hybridized carbons (Fsp3) is 0.462. The van der Waals surface area contributed by atoms with E-state index in [1.165, 1.54) is 4.31 Å². The van der Waals surface area contributed by atoms with Crippen molar-refractivity contribution in [2.75, 3.05) is 17.4 Å². The number of benzene rings is 1. The maximum Gasteiger partial charge on any atom is 0.301 e. The maximum absolute atomic E-state index is 12.2. The van der Waals surface area contributed by atoms with Gasteiger partial charge in [-0.15, -0.1) is 0 Å². The van der Waals surface area contributed by atoms with Crippen LogP contribution < -0.4 is 9.03 Å².